The molecule has 0 bridgehead atoms. The number of nitrogens with one attached hydrogen (secondary N) is 1. The van der Waals surface area contributed by atoms with Crippen LogP contribution in [0.15, 0.2) is 53.3 Å². The SMILES string of the molecule is CCn1nc(C(=O)NCCc2cccc(C(N)=O)c2)c2ccccc2c1=O. The summed E-state index contributed by atoms with van der Waals surface area (Å²) in [5, 5.41) is 8.03. The van der Waals surface area contributed by atoms with Crippen LogP contribution in [0.5, 0.6) is 0 Å². The van der Waals surface area contributed by atoms with E-state index < -0.39 is 5.91 Å². The first-order chi connectivity index (χ1) is 13.0. The molecule has 0 saturated heterocycles. The molecule has 0 unspecified atom stereocenters. The van der Waals surface area contributed by atoms with Gasteiger partial charge in [-0.1, -0.05) is 30.3 Å². The number of carbonyl (C=O) groups is 2. The lowest BCUT2D eigenvalue weighted by atomic mass is 10.1. The maximum atomic E-state index is 12.6. The van der Waals surface area contributed by atoms with Gasteiger partial charge in [0.05, 0.1) is 5.39 Å². The van der Waals surface area contributed by atoms with E-state index in [1.165, 1.54) is 4.68 Å². The van der Waals surface area contributed by atoms with Crippen molar-refractivity contribution in [1.82, 2.24) is 15.1 Å². The topological polar surface area (TPSA) is 107 Å². The Balaban J connectivity index is 1.79. The zero-order chi connectivity index (χ0) is 19.4. The zero-order valence-corrected chi connectivity index (χ0v) is 14.9. The smallest absolute Gasteiger partial charge is 0.274 e. The maximum absolute atomic E-state index is 12.6. The number of nitrogens with zero attached hydrogens (tertiary/aromatic N) is 2. The van der Waals surface area contributed by atoms with Crippen LogP contribution in [0.2, 0.25) is 0 Å². The van der Waals surface area contributed by atoms with Gasteiger partial charge < -0.3 is 11.1 Å². The summed E-state index contributed by atoms with van der Waals surface area (Å²) in [6, 6.07) is 13.9. The van der Waals surface area contributed by atoms with Gasteiger partial charge in [0, 0.05) is 24.0 Å². The molecule has 2 aromatic carbocycles. The molecule has 1 heterocycles. The first-order valence-electron chi connectivity index (χ1n) is 8.68. The van der Waals surface area contributed by atoms with Crippen molar-refractivity contribution in [3.8, 4) is 0 Å². The molecular formula is C20H20N4O3. The molecule has 3 aromatic rings. The largest absolute Gasteiger partial charge is 0.366 e. The van der Waals surface area contributed by atoms with Crippen LogP contribution in [-0.4, -0.2) is 28.1 Å². The quantitative estimate of drug-likeness (QED) is 0.691. The van der Waals surface area contributed by atoms with Gasteiger partial charge in [0.1, 0.15) is 0 Å². The predicted molar refractivity (Wildman–Crippen MR) is 103 cm³/mol. The number of nitrogens with two attached hydrogens (primary N) is 1. The number of rotatable bonds is 6. The molecule has 3 N–H and O–H groups in total. The highest BCUT2D eigenvalue weighted by molar-refractivity contribution is 6.04. The second-order valence-electron chi connectivity index (χ2n) is 6.09. The van der Waals surface area contributed by atoms with Gasteiger partial charge in [-0.25, -0.2) is 4.68 Å². The van der Waals surface area contributed by atoms with E-state index in [2.05, 4.69) is 10.4 Å². The van der Waals surface area contributed by atoms with Crippen molar-refractivity contribution in [2.45, 2.75) is 19.9 Å². The highest BCUT2D eigenvalue weighted by Crippen LogP contribution is 2.13. The Kier molecular flexibility index (Phi) is 5.30. The first kappa shape index (κ1) is 18.3. The maximum Gasteiger partial charge on any atom is 0.274 e. The summed E-state index contributed by atoms with van der Waals surface area (Å²) in [7, 11) is 0. The number of hydrogen-bond acceptors (Lipinski definition) is 4. The second kappa shape index (κ2) is 7.82. The van der Waals surface area contributed by atoms with E-state index in [0.717, 1.165) is 5.56 Å². The summed E-state index contributed by atoms with van der Waals surface area (Å²) < 4.78 is 1.29. The third-order valence-electron chi connectivity index (χ3n) is 4.29. The number of hydrogen-bond donors (Lipinski definition) is 2. The fourth-order valence-electron chi connectivity index (χ4n) is 2.90. The Morgan fingerprint density at radius 1 is 1.11 bits per heavy atom. The molecule has 0 atom stereocenters. The van der Waals surface area contributed by atoms with Gasteiger partial charge in [-0.15, -0.1) is 0 Å². The minimum atomic E-state index is -0.488. The van der Waals surface area contributed by atoms with Crippen molar-refractivity contribution < 1.29 is 9.59 Å². The highest BCUT2D eigenvalue weighted by atomic mass is 16.2. The third-order valence-corrected chi connectivity index (χ3v) is 4.29. The van der Waals surface area contributed by atoms with Gasteiger partial charge in [-0.3, -0.25) is 14.4 Å². The van der Waals surface area contributed by atoms with Gasteiger partial charge in [0.25, 0.3) is 11.5 Å². The Morgan fingerprint density at radius 2 is 1.85 bits per heavy atom. The highest BCUT2D eigenvalue weighted by Gasteiger charge is 2.15. The van der Waals surface area contributed by atoms with E-state index in [-0.39, 0.29) is 17.2 Å². The molecule has 138 valence electrons. The summed E-state index contributed by atoms with van der Waals surface area (Å²) >= 11 is 0. The Morgan fingerprint density at radius 3 is 2.56 bits per heavy atom. The number of amides is 2. The van der Waals surface area contributed by atoms with Crippen molar-refractivity contribution in [3.63, 3.8) is 0 Å². The molecule has 27 heavy (non-hydrogen) atoms. The van der Waals surface area contributed by atoms with Crippen LogP contribution in [0.1, 0.15) is 33.3 Å². The van der Waals surface area contributed by atoms with Crippen LogP contribution in [0.25, 0.3) is 10.8 Å². The van der Waals surface area contributed by atoms with E-state index in [9.17, 15) is 14.4 Å². The van der Waals surface area contributed by atoms with Crippen LogP contribution < -0.4 is 16.6 Å². The fourth-order valence-corrected chi connectivity index (χ4v) is 2.90. The molecule has 2 amide bonds. The normalized spacial score (nSPS) is 10.7. The lowest BCUT2D eigenvalue weighted by Gasteiger charge is -2.10. The predicted octanol–water partition coefficient (Wildman–Crippen LogP) is 1.49. The van der Waals surface area contributed by atoms with E-state index in [0.29, 0.717) is 35.8 Å². The monoisotopic (exact) mass is 364 g/mol. The average molecular weight is 364 g/mol. The number of aryl methyl sites for hydroxylation is 1. The molecule has 0 aliphatic heterocycles. The van der Waals surface area contributed by atoms with E-state index in [1.54, 1.807) is 49.4 Å². The van der Waals surface area contributed by atoms with Gasteiger partial charge in [-0.2, -0.15) is 5.10 Å². The zero-order valence-electron chi connectivity index (χ0n) is 14.9. The van der Waals surface area contributed by atoms with Gasteiger partial charge in [0.15, 0.2) is 5.69 Å². The summed E-state index contributed by atoms with van der Waals surface area (Å²) in [5.41, 5.74) is 6.61. The molecule has 0 aliphatic carbocycles. The Bertz CT molecular complexity index is 1070. The fraction of sp³-hybridized carbons (Fsp3) is 0.200. The van der Waals surface area contributed by atoms with Crippen LogP contribution >= 0.6 is 0 Å². The lowest BCUT2D eigenvalue weighted by molar-refractivity contribution is 0.0947. The first-order valence-corrected chi connectivity index (χ1v) is 8.68. The number of fused-ring (bicyclic) bond motifs is 1. The summed E-state index contributed by atoms with van der Waals surface area (Å²) in [6.07, 6.45) is 0.540. The van der Waals surface area contributed by atoms with Crippen molar-refractivity contribution in [3.05, 3.63) is 75.7 Å². The van der Waals surface area contributed by atoms with Crippen LogP contribution in [-0.2, 0) is 13.0 Å². The number of primary amides is 1. The number of carbonyl (C=O) groups excluding carboxylic acids is 2. The average Bonchev–Trinajstić information content (AvgIpc) is 2.68. The molecule has 0 aliphatic rings. The molecule has 0 spiro atoms. The number of benzene rings is 2. The molecule has 0 radical (unpaired) electrons. The minimum absolute atomic E-state index is 0.215. The van der Waals surface area contributed by atoms with Crippen LogP contribution in [0.3, 0.4) is 0 Å². The van der Waals surface area contributed by atoms with Gasteiger partial charge >= 0.3 is 0 Å². The van der Waals surface area contributed by atoms with E-state index in [1.807, 2.05) is 6.07 Å². The van der Waals surface area contributed by atoms with E-state index >= 15 is 0 Å². The molecular weight excluding hydrogens is 344 g/mol. The minimum Gasteiger partial charge on any atom is -0.366 e. The van der Waals surface area contributed by atoms with Crippen molar-refractivity contribution in [1.29, 1.82) is 0 Å². The number of aromatic nitrogens is 2. The lowest BCUT2D eigenvalue weighted by Crippen LogP contribution is -2.31. The molecule has 3 rings (SSSR count). The molecule has 7 heteroatoms. The molecule has 7 nitrogen and oxygen atoms in total. The third kappa shape index (κ3) is 3.87. The van der Waals surface area contributed by atoms with Crippen LogP contribution in [0, 0.1) is 0 Å². The van der Waals surface area contributed by atoms with Crippen molar-refractivity contribution in [2.24, 2.45) is 5.73 Å². The van der Waals surface area contributed by atoms with E-state index in [4.69, 9.17) is 5.73 Å². The van der Waals surface area contributed by atoms with Gasteiger partial charge in [0.2, 0.25) is 5.91 Å². The Labute approximate surface area is 155 Å². The molecule has 0 fully saturated rings. The van der Waals surface area contributed by atoms with Crippen LogP contribution in [0.4, 0.5) is 0 Å². The standard InChI is InChI=1S/C20H20N4O3/c1-2-24-20(27)16-9-4-3-8-15(16)17(23-24)19(26)22-11-10-13-6-5-7-14(12-13)18(21)25/h3-9,12H,2,10-11H2,1H3,(H2,21,25)(H,22,26). The molecule has 0 saturated carbocycles. The van der Waals surface area contributed by atoms with Gasteiger partial charge in [-0.05, 0) is 37.1 Å². The second-order valence-corrected chi connectivity index (χ2v) is 6.09. The molecule has 1 aromatic heterocycles. The van der Waals surface area contributed by atoms with Crippen molar-refractivity contribution >= 4 is 22.6 Å². The summed E-state index contributed by atoms with van der Waals surface area (Å²) in [5.74, 6) is -0.835. The van der Waals surface area contributed by atoms with Crippen molar-refractivity contribution in [2.75, 3.05) is 6.54 Å². The summed E-state index contributed by atoms with van der Waals surface area (Å²) in [4.78, 5) is 36.2. The summed E-state index contributed by atoms with van der Waals surface area (Å²) in [6.45, 7) is 2.54. The Hall–Kier alpha value is -3.48.